The zero-order valence-corrected chi connectivity index (χ0v) is 9.84. The largest absolute Gasteiger partial charge is 0.516 e. The fourth-order valence-corrected chi connectivity index (χ4v) is 0.589. The number of aliphatic hydroxyl groups is 1. The van der Waals surface area contributed by atoms with Crippen LogP contribution in [0.3, 0.4) is 0 Å². The summed E-state index contributed by atoms with van der Waals surface area (Å²) >= 11 is 0. The van der Waals surface area contributed by atoms with Crippen LogP contribution >= 0.6 is 0 Å². The second kappa shape index (κ2) is 15.5. The van der Waals surface area contributed by atoms with Crippen LogP contribution in [-0.4, -0.2) is 5.11 Å². The van der Waals surface area contributed by atoms with Crippen molar-refractivity contribution >= 4 is 6.08 Å². The minimum absolute atomic E-state index is 1.00. The van der Waals surface area contributed by atoms with Gasteiger partial charge in [0.2, 0.25) is 0 Å². The standard InChI is InChI=1S/C8H8.C4H6.C3H6O/c1-2-8-6-4-3-5-7-8;1-3-4-2;1-2-3-4/h2-7H,1H2;3-4H,1-2H2;2-4H,1H3. The van der Waals surface area contributed by atoms with Crippen LogP contribution in [0.25, 0.3) is 6.08 Å². The average Bonchev–Trinajstić information content (AvgIpc) is 2.40. The van der Waals surface area contributed by atoms with E-state index in [1.807, 2.05) is 36.4 Å². The Morgan fingerprint density at radius 1 is 1.00 bits per heavy atom. The van der Waals surface area contributed by atoms with Gasteiger partial charge in [-0.05, 0) is 12.5 Å². The van der Waals surface area contributed by atoms with Crippen molar-refractivity contribution in [2.45, 2.75) is 6.92 Å². The number of hydrogen-bond acceptors (Lipinski definition) is 1. The minimum Gasteiger partial charge on any atom is -0.516 e. The maximum atomic E-state index is 7.69. The van der Waals surface area contributed by atoms with Crippen LogP contribution in [0.15, 0.2) is 74.6 Å². The Kier molecular flexibility index (Phi) is 15.8. The van der Waals surface area contributed by atoms with Gasteiger partial charge in [-0.2, -0.15) is 0 Å². The molecule has 16 heavy (non-hydrogen) atoms. The summed E-state index contributed by atoms with van der Waals surface area (Å²) in [7, 11) is 0. The summed E-state index contributed by atoms with van der Waals surface area (Å²) in [6, 6.07) is 10.0. The molecule has 0 aliphatic carbocycles. The zero-order valence-electron chi connectivity index (χ0n) is 9.84. The monoisotopic (exact) mass is 216 g/mol. The van der Waals surface area contributed by atoms with Crippen molar-refractivity contribution in [1.82, 2.24) is 0 Å². The molecule has 0 saturated heterocycles. The summed E-state index contributed by atoms with van der Waals surface area (Å²) in [4.78, 5) is 0. The van der Waals surface area contributed by atoms with Gasteiger partial charge in [-0.25, -0.2) is 0 Å². The molecule has 1 heteroatoms. The van der Waals surface area contributed by atoms with Crippen LogP contribution in [0.5, 0.6) is 0 Å². The third-order valence-electron chi connectivity index (χ3n) is 1.35. The van der Waals surface area contributed by atoms with Gasteiger partial charge < -0.3 is 5.11 Å². The Hall–Kier alpha value is -2.02. The van der Waals surface area contributed by atoms with E-state index in [0.717, 1.165) is 6.26 Å². The molecule has 0 atom stereocenters. The van der Waals surface area contributed by atoms with Crippen LogP contribution in [0.1, 0.15) is 12.5 Å². The van der Waals surface area contributed by atoms with Gasteiger partial charge in [-0.1, -0.05) is 74.4 Å². The molecule has 0 aliphatic heterocycles. The summed E-state index contributed by atoms with van der Waals surface area (Å²) in [6.07, 6.45) is 7.67. The smallest absolute Gasteiger partial charge is 0.0748 e. The van der Waals surface area contributed by atoms with Gasteiger partial charge in [0.1, 0.15) is 0 Å². The van der Waals surface area contributed by atoms with E-state index in [0.29, 0.717) is 0 Å². The highest BCUT2D eigenvalue weighted by Gasteiger charge is 1.75. The first kappa shape index (κ1) is 16.4. The number of benzene rings is 1. The topological polar surface area (TPSA) is 20.2 Å². The number of allylic oxidation sites excluding steroid dienone is 3. The highest BCUT2D eigenvalue weighted by molar-refractivity contribution is 5.45. The Morgan fingerprint density at radius 3 is 1.62 bits per heavy atom. The highest BCUT2D eigenvalue weighted by Crippen LogP contribution is 1.97. The first-order chi connectivity index (χ1) is 7.76. The van der Waals surface area contributed by atoms with Crippen LogP contribution in [0, 0.1) is 0 Å². The summed E-state index contributed by atoms with van der Waals surface area (Å²) in [5.41, 5.74) is 1.17. The summed E-state index contributed by atoms with van der Waals surface area (Å²) in [6.45, 7) is 12.1. The van der Waals surface area contributed by atoms with Crippen molar-refractivity contribution < 1.29 is 5.11 Å². The number of rotatable bonds is 2. The predicted octanol–water partition coefficient (Wildman–Crippen LogP) is 4.77. The van der Waals surface area contributed by atoms with E-state index < -0.39 is 0 Å². The van der Waals surface area contributed by atoms with Gasteiger partial charge in [0.15, 0.2) is 0 Å². The lowest BCUT2D eigenvalue weighted by Gasteiger charge is -1.85. The second-order valence-corrected chi connectivity index (χ2v) is 2.57. The maximum absolute atomic E-state index is 7.69. The normalized spacial score (nSPS) is 7.81. The molecule has 1 aromatic carbocycles. The fraction of sp³-hybridized carbons (Fsp3) is 0.0667. The highest BCUT2D eigenvalue weighted by atomic mass is 16.2. The van der Waals surface area contributed by atoms with E-state index in [1.165, 1.54) is 5.56 Å². The molecule has 0 aromatic heterocycles. The van der Waals surface area contributed by atoms with E-state index in [1.54, 1.807) is 25.2 Å². The Balaban J connectivity index is 0. The lowest BCUT2D eigenvalue weighted by molar-refractivity contribution is 0.472. The fourth-order valence-electron chi connectivity index (χ4n) is 0.589. The molecular weight excluding hydrogens is 196 g/mol. The lowest BCUT2D eigenvalue weighted by Crippen LogP contribution is -1.63. The number of aliphatic hydroxyl groups excluding tert-OH is 1. The summed E-state index contributed by atoms with van der Waals surface area (Å²) in [5, 5.41) is 7.69. The molecule has 1 rings (SSSR count). The third-order valence-corrected chi connectivity index (χ3v) is 1.35. The molecule has 0 unspecified atom stereocenters. The van der Waals surface area contributed by atoms with E-state index in [2.05, 4.69) is 19.7 Å². The molecule has 0 fully saturated rings. The molecule has 0 aliphatic rings. The molecule has 0 spiro atoms. The molecule has 86 valence electrons. The van der Waals surface area contributed by atoms with Gasteiger partial charge in [-0.15, -0.1) is 0 Å². The van der Waals surface area contributed by atoms with Gasteiger partial charge in [0, 0.05) is 0 Å². The Bertz CT molecular complexity index is 286. The number of hydrogen-bond donors (Lipinski definition) is 1. The van der Waals surface area contributed by atoms with Crippen molar-refractivity contribution in [1.29, 1.82) is 0 Å². The molecule has 0 amide bonds. The van der Waals surface area contributed by atoms with Gasteiger partial charge in [0.25, 0.3) is 0 Å². The van der Waals surface area contributed by atoms with Crippen molar-refractivity contribution in [3.8, 4) is 0 Å². The third kappa shape index (κ3) is 14.5. The van der Waals surface area contributed by atoms with E-state index in [4.69, 9.17) is 5.11 Å². The average molecular weight is 216 g/mol. The SMILES string of the molecule is C=CC=C.C=Cc1ccccc1.CC=CO. The molecule has 1 aromatic rings. The summed E-state index contributed by atoms with van der Waals surface area (Å²) in [5.74, 6) is 0. The van der Waals surface area contributed by atoms with Crippen molar-refractivity contribution in [2.24, 2.45) is 0 Å². The minimum atomic E-state index is 1.00. The maximum Gasteiger partial charge on any atom is 0.0748 e. The lowest BCUT2D eigenvalue weighted by atomic mass is 10.2. The van der Waals surface area contributed by atoms with Crippen LogP contribution < -0.4 is 0 Å². The van der Waals surface area contributed by atoms with Gasteiger partial charge >= 0.3 is 0 Å². The molecular formula is C15H20O. The van der Waals surface area contributed by atoms with E-state index >= 15 is 0 Å². The molecule has 1 nitrogen and oxygen atoms in total. The van der Waals surface area contributed by atoms with Gasteiger partial charge in [0.05, 0.1) is 6.26 Å². The molecule has 1 N–H and O–H groups in total. The molecule has 0 saturated carbocycles. The molecule has 0 radical (unpaired) electrons. The van der Waals surface area contributed by atoms with E-state index in [-0.39, 0.29) is 0 Å². The van der Waals surface area contributed by atoms with Crippen molar-refractivity contribution in [3.63, 3.8) is 0 Å². The quantitative estimate of drug-likeness (QED) is 0.558. The van der Waals surface area contributed by atoms with Crippen molar-refractivity contribution in [3.05, 3.63) is 80.1 Å². The second-order valence-electron chi connectivity index (χ2n) is 2.57. The van der Waals surface area contributed by atoms with E-state index in [9.17, 15) is 0 Å². The molecule has 0 bridgehead atoms. The zero-order chi connectivity index (χ0) is 12.6. The Morgan fingerprint density at radius 2 is 1.44 bits per heavy atom. The summed E-state index contributed by atoms with van der Waals surface area (Å²) < 4.78 is 0. The van der Waals surface area contributed by atoms with Crippen LogP contribution in [0.4, 0.5) is 0 Å². The first-order valence-corrected chi connectivity index (χ1v) is 4.93. The van der Waals surface area contributed by atoms with Gasteiger partial charge in [-0.3, -0.25) is 0 Å². The van der Waals surface area contributed by atoms with Crippen LogP contribution in [-0.2, 0) is 0 Å². The Labute approximate surface area is 98.8 Å². The van der Waals surface area contributed by atoms with Crippen molar-refractivity contribution in [2.75, 3.05) is 0 Å². The van der Waals surface area contributed by atoms with Crippen LogP contribution in [0.2, 0.25) is 0 Å². The molecule has 0 heterocycles. The predicted molar refractivity (Wildman–Crippen MR) is 74.4 cm³/mol. The first-order valence-electron chi connectivity index (χ1n) is 4.93.